The van der Waals surface area contributed by atoms with Gasteiger partial charge in [-0.25, -0.2) is 0 Å². The van der Waals surface area contributed by atoms with E-state index in [0.29, 0.717) is 19.2 Å². The van der Waals surface area contributed by atoms with Gasteiger partial charge in [0, 0.05) is 50.2 Å². The molecule has 0 spiro atoms. The quantitative estimate of drug-likeness (QED) is 0.584. The third-order valence-electron chi connectivity index (χ3n) is 5.90. The zero-order chi connectivity index (χ0) is 20.1. The molecule has 0 unspecified atom stereocenters. The van der Waals surface area contributed by atoms with E-state index in [2.05, 4.69) is 19.4 Å². The molecule has 2 atom stereocenters. The Balaban J connectivity index is 1.10. The van der Waals surface area contributed by atoms with E-state index < -0.39 is 6.61 Å². The lowest BCUT2D eigenvalue weighted by Gasteiger charge is -2.33. The minimum atomic E-state index is -2.80. The Hall–Kier alpha value is -1.90. The molecule has 0 bridgehead atoms. The van der Waals surface area contributed by atoms with Crippen LogP contribution in [0.15, 0.2) is 36.7 Å². The van der Waals surface area contributed by atoms with Crippen LogP contribution in [-0.2, 0) is 9.47 Å². The molecular formula is C21H29F2N3O3. The molecule has 0 aliphatic carbocycles. The first kappa shape index (κ1) is 20.4. The average molecular weight is 409 g/mol. The molecule has 4 rings (SSSR count). The number of hydrogen-bond acceptors (Lipinski definition) is 6. The van der Waals surface area contributed by atoms with Crippen LogP contribution in [0.1, 0.15) is 6.42 Å². The second kappa shape index (κ2) is 9.73. The van der Waals surface area contributed by atoms with E-state index in [4.69, 9.17) is 9.47 Å². The van der Waals surface area contributed by atoms with E-state index in [1.807, 2.05) is 12.4 Å². The van der Waals surface area contributed by atoms with Crippen molar-refractivity contribution in [2.75, 3.05) is 64.2 Å². The van der Waals surface area contributed by atoms with Gasteiger partial charge < -0.3 is 28.9 Å². The fourth-order valence-corrected chi connectivity index (χ4v) is 4.21. The number of anilines is 1. The van der Waals surface area contributed by atoms with Gasteiger partial charge in [0.1, 0.15) is 5.75 Å². The minimum absolute atomic E-state index is 0.168. The highest BCUT2D eigenvalue weighted by molar-refractivity contribution is 5.52. The van der Waals surface area contributed by atoms with Gasteiger partial charge in [-0.2, -0.15) is 8.78 Å². The summed E-state index contributed by atoms with van der Waals surface area (Å²) in [6.45, 7) is 5.31. The second-order valence-electron chi connectivity index (χ2n) is 7.85. The molecule has 2 fully saturated rings. The molecule has 0 N–H and O–H groups in total. The summed E-state index contributed by atoms with van der Waals surface area (Å²) in [7, 11) is 0. The van der Waals surface area contributed by atoms with Crippen LogP contribution in [0.2, 0.25) is 0 Å². The van der Waals surface area contributed by atoms with Crippen molar-refractivity contribution in [3.05, 3.63) is 36.7 Å². The fraction of sp³-hybridized carbons (Fsp3) is 0.619. The van der Waals surface area contributed by atoms with E-state index in [9.17, 15) is 8.78 Å². The number of piperidine rings is 1. The van der Waals surface area contributed by atoms with Crippen LogP contribution in [0.4, 0.5) is 14.5 Å². The van der Waals surface area contributed by atoms with Crippen LogP contribution in [0.3, 0.4) is 0 Å². The molecule has 160 valence electrons. The highest BCUT2D eigenvalue weighted by Gasteiger charge is 2.33. The van der Waals surface area contributed by atoms with Crippen molar-refractivity contribution in [1.29, 1.82) is 0 Å². The van der Waals surface area contributed by atoms with Gasteiger partial charge in [-0.1, -0.05) is 0 Å². The highest BCUT2D eigenvalue weighted by atomic mass is 19.3. The molecule has 3 aliphatic heterocycles. The first-order chi connectivity index (χ1) is 14.2. The lowest BCUT2D eigenvalue weighted by molar-refractivity contribution is -0.0498. The van der Waals surface area contributed by atoms with Gasteiger partial charge in [0.05, 0.1) is 26.5 Å². The lowest BCUT2D eigenvalue weighted by Crippen LogP contribution is -2.41. The van der Waals surface area contributed by atoms with E-state index in [1.54, 1.807) is 24.3 Å². The first-order valence-electron chi connectivity index (χ1n) is 10.3. The van der Waals surface area contributed by atoms with Crippen molar-refractivity contribution in [2.24, 2.45) is 11.8 Å². The van der Waals surface area contributed by atoms with Gasteiger partial charge in [-0.15, -0.1) is 0 Å². The Kier molecular flexibility index (Phi) is 6.84. The topological polar surface area (TPSA) is 37.4 Å². The monoisotopic (exact) mass is 409 g/mol. The first-order valence-corrected chi connectivity index (χ1v) is 10.3. The summed E-state index contributed by atoms with van der Waals surface area (Å²) in [5.41, 5.74) is 0.936. The molecule has 2 saturated heterocycles. The van der Waals surface area contributed by atoms with E-state index in [1.165, 1.54) is 6.42 Å². The number of alkyl halides is 2. The maximum Gasteiger partial charge on any atom is 0.387 e. The Labute approximate surface area is 170 Å². The van der Waals surface area contributed by atoms with E-state index >= 15 is 0 Å². The van der Waals surface area contributed by atoms with Crippen molar-refractivity contribution < 1.29 is 23.0 Å². The molecule has 8 heteroatoms. The highest BCUT2D eigenvalue weighted by Crippen LogP contribution is 2.29. The summed E-state index contributed by atoms with van der Waals surface area (Å²) >= 11 is 0. The van der Waals surface area contributed by atoms with Crippen LogP contribution in [0.25, 0.3) is 0 Å². The van der Waals surface area contributed by atoms with E-state index in [0.717, 1.165) is 57.6 Å². The van der Waals surface area contributed by atoms with Crippen molar-refractivity contribution in [3.63, 3.8) is 0 Å². The lowest BCUT2D eigenvalue weighted by atomic mass is 9.89. The number of halogens is 2. The number of likely N-dealkylation sites (tertiary alicyclic amines) is 1. The predicted octanol–water partition coefficient (Wildman–Crippen LogP) is 2.82. The van der Waals surface area contributed by atoms with Gasteiger partial charge in [0.15, 0.2) is 0 Å². The number of benzene rings is 1. The third kappa shape index (κ3) is 5.58. The molecule has 29 heavy (non-hydrogen) atoms. The predicted molar refractivity (Wildman–Crippen MR) is 106 cm³/mol. The second-order valence-corrected chi connectivity index (χ2v) is 7.85. The fourth-order valence-electron chi connectivity index (χ4n) is 4.21. The van der Waals surface area contributed by atoms with Crippen LogP contribution in [0, 0.1) is 11.8 Å². The van der Waals surface area contributed by atoms with Crippen molar-refractivity contribution in [3.8, 4) is 5.75 Å². The summed E-state index contributed by atoms with van der Waals surface area (Å²) < 4.78 is 40.3. The zero-order valence-electron chi connectivity index (χ0n) is 16.6. The molecule has 3 heterocycles. The van der Waals surface area contributed by atoms with Gasteiger partial charge in [-0.05, 0) is 43.1 Å². The molecular weight excluding hydrogens is 380 g/mol. The molecule has 1 aromatic carbocycles. The molecule has 0 saturated carbocycles. The summed E-state index contributed by atoms with van der Waals surface area (Å²) in [4.78, 5) is 6.72. The third-order valence-corrected chi connectivity index (χ3v) is 5.90. The number of ether oxygens (including phenoxy) is 3. The molecule has 0 amide bonds. The van der Waals surface area contributed by atoms with Crippen molar-refractivity contribution in [1.82, 2.24) is 9.80 Å². The van der Waals surface area contributed by atoms with Gasteiger partial charge in [0.2, 0.25) is 0 Å². The molecule has 6 nitrogen and oxygen atoms in total. The number of rotatable bonds is 9. The summed E-state index contributed by atoms with van der Waals surface area (Å²) in [6.07, 6.45) is 5.25. The minimum Gasteiger partial charge on any atom is -0.435 e. The van der Waals surface area contributed by atoms with Crippen LogP contribution in [0.5, 0.6) is 5.75 Å². The Bertz CT molecular complexity index is 674. The maximum absolute atomic E-state index is 12.2. The summed E-state index contributed by atoms with van der Waals surface area (Å²) in [5, 5.41) is 0. The van der Waals surface area contributed by atoms with Gasteiger partial charge in [0.25, 0.3) is 0 Å². The Morgan fingerprint density at radius 1 is 1.03 bits per heavy atom. The number of fused-ring (bicyclic) bond motifs is 1. The largest absolute Gasteiger partial charge is 0.435 e. The molecule has 3 aliphatic rings. The maximum atomic E-state index is 12.2. The standard InChI is InChI=1S/C21H29F2N3O3/c22-21(23)29-20-3-1-19(2-4-20)26-8-7-25(16-26)10-12-27-11-9-24-6-5-17-14-28-15-18(17)13-24/h1-4,7-8,17-18,21H,5-6,9-16H2/t17-,18-/m0/s1. The van der Waals surface area contributed by atoms with Crippen LogP contribution >= 0.6 is 0 Å². The van der Waals surface area contributed by atoms with Crippen LogP contribution in [-0.4, -0.2) is 75.7 Å². The number of hydrogen-bond donors (Lipinski definition) is 0. The number of nitrogens with zero attached hydrogens (tertiary/aromatic N) is 3. The van der Waals surface area contributed by atoms with Gasteiger partial charge >= 0.3 is 6.61 Å². The van der Waals surface area contributed by atoms with Crippen LogP contribution < -0.4 is 9.64 Å². The van der Waals surface area contributed by atoms with Crippen molar-refractivity contribution in [2.45, 2.75) is 13.0 Å². The Morgan fingerprint density at radius 3 is 2.66 bits per heavy atom. The summed E-state index contributed by atoms with van der Waals surface area (Å²) in [6, 6.07) is 6.67. The Morgan fingerprint density at radius 2 is 1.83 bits per heavy atom. The molecule has 0 aromatic heterocycles. The molecule has 0 radical (unpaired) electrons. The smallest absolute Gasteiger partial charge is 0.387 e. The summed E-state index contributed by atoms with van der Waals surface area (Å²) in [5.74, 6) is 1.65. The normalized spacial score (nSPS) is 24.5. The zero-order valence-corrected chi connectivity index (χ0v) is 16.6. The SMILES string of the molecule is FC(F)Oc1ccc(N2C=CN(CCOCCN3CC[C@H]4COC[C@@H]4C3)C2)cc1. The average Bonchev–Trinajstić information content (AvgIpc) is 3.37. The van der Waals surface area contributed by atoms with Gasteiger partial charge in [-0.3, -0.25) is 0 Å². The van der Waals surface area contributed by atoms with E-state index in [-0.39, 0.29) is 5.75 Å². The molecule has 1 aromatic rings. The van der Waals surface area contributed by atoms with Crippen molar-refractivity contribution >= 4 is 5.69 Å².